The molecular weight excluding hydrogens is 210 g/mol. The summed E-state index contributed by atoms with van der Waals surface area (Å²) in [5, 5.41) is 6.10. The molecule has 0 aromatic carbocycles. The summed E-state index contributed by atoms with van der Waals surface area (Å²) in [4.78, 5) is 7.27. The molecular formula is C9H13N5S. The van der Waals surface area contributed by atoms with Crippen LogP contribution in [0.3, 0.4) is 0 Å². The highest BCUT2D eigenvalue weighted by molar-refractivity contribution is 7.99. The van der Waals surface area contributed by atoms with Gasteiger partial charge in [-0.25, -0.2) is 4.98 Å². The summed E-state index contributed by atoms with van der Waals surface area (Å²) in [7, 11) is 1.91. The van der Waals surface area contributed by atoms with Gasteiger partial charge < -0.3 is 10.7 Å². The third-order valence-corrected chi connectivity index (χ3v) is 3.07. The van der Waals surface area contributed by atoms with Crippen molar-refractivity contribution in [2.75, 3.05) is 5.73 Å². The summed E-state index contributed by atoms with van der Waals surface area (Å²) >= 11 is 1.52. The molecule has 80 valence electrons. The number of aryl methyl sites for hydroxylation is 3. The Morgan fingerprint density at radius 2 is 2.20 bits per heavy atom. The zero-order valence-corrected chi connectivity index (χ0v) is 9.72. The summed E-state index contributed by atoms with van der Waals surface area (Å²) in [5.41, 5.74) is 6.77. The molecule has 15 heavy (non-hydrogen) atoms. The number of anilines is 1. The molecule has 0 bridgehead atoms. The second-order valence-electron chi connectivity index (χ2n) is 3.39. The van der Waals surface area contributed by atoms with Gasteiger partial charge in [-0.2, -0.15) is 5.10 Å². The van der Waals surface area contributed by atoms with Gasteiger partial charge in [-0.05, 0) is 31.7 Å². The Morgan fingerprint density at radius 3 is 2.67 bits per heavy atom. The summed E-state index contributed by atoms with van der Waals surface area (Å²) in [5.74, 6) is 1.44. The largest absolute Gasteiger partial charge is 0.383 e. The van der Waals surface area contributed by atoms with Gasteiger partial charge in [-0.1, -0.05) is 0 Å². The van der Waals surface area contributed by atoms with Crippen LogP contribution in [0.1, 0.15) is 11.5 Å². The van der Waals surface area contributed by atoms with Crippen molar-refractivity contribution in [3.05, 3.63) is 17.6 Å². The summed E-state index contributed by atoms with van der Waals surface area (Å²) < 4.78 is 1.82. The van der Waals surface area contributed by atoms with Crippen molar-refractivity contribution in [3.8, 4) is 0 Å². The van der Waals surface area contributed by atoms with Crippen LogP contribution in [0.5, 0.6) is 0 Å². The molecule has 0 atom stereocenters. The van der Waals surface area contributed by atoms with E-state index in [0.29, 0.717) is 5.82 Å². The Labute approximate surface area is 92.1 Å². The van der Waals surface area contributed by atoms with Gasteiger partial charge in [0.2, 0.25) is 0 Å². The van der Waals surface area contributed by atoms with Crippen LogP contribution in [0.25, 0.3) is 0 Å². The number of aromatic nitrogens is 4. The van der Waals surface area contributed by atoms with Crippen molar-refractivity contribution in [1.82, 2.24) is 19.7 Å². The molecule has 2 heterocycles. The predicted molar refractivity (Wildman–Crippen MR) is 59.8 cm³/mol. The molecule has 0 saturated carbocycles. The summed E-state index contributed by atoms with van der Waals surface area (Å²) in [6.07, 6.45) is 0. The number of imidazole rings is 1. The maximum absolute atomic E-state index is 5.78. The van der Waals surface area contributed by atoms with Gasteiger partial charge in [-0.15, -0.1) is 0 Å². The molecule has 0 fully saturated rings. The van der Waals surface area contributed by atoms with Crippen LogP contribution < -0.4 is 5.73 Å². The van der Waals surface area contributed by atoms with Gasteiger partial charge in [0, 0.05) is 7.05 Å². The lowest BCUT2D eigenvalue weighted by Gasteiger charge is -1.98. The van der Waals surface area contributed by atoms with E-state index in [1.54, 1.807) is 0 Å². The monoisotopic (exact) mass is 223 g/mol. The van der Waals surface area contributed by atoms with Crippen LogP contribution in [0.4, 0.5) is 5.82 Å². The van der Waals surface area contributed by atoms with Crippen LogP contribution in [0.2, 0.25) is 0 Å². The summed E-state index contributed by atoms with van der Waals surface area (Å²) in [6.45, 7) is 3.85. The van der Waals surface area contributed by atoms with Gasteiger partial charge in [0.15, 0.2) is 0 Å². The topological polar surface area (TPSA) is 72.5 Å². The van der Waals surface area contributed by atoms with Crippen molar-refractivity contribution >= 4 is 17.6 Å². The predicted octanol–water partition coefficient (Wildman–Crippen LogP) is 1.49. The Balaban J connectivity index is 2.29. The third kappa shape index (κ3) is 1.99. The number of nitrogen functional groups attached to an aromatic ring is 1. The van der Waals surface area contributed by atoms with E-state index < -0.39 is 0 Å². The van der Waals surface area contributed by atoms with E-state index in [2.05, 4.69) is 15.1 Å². The molecule has 0 amide bonds. The number of aromatic amines is 1. The van der Waals surface area contributed by atoms with Gasteiger partial charge >= 0.3 is 0 Å². The minimum Gasteiger partial charge on any atom is -0.383 e. The molecule has 2 rings (SSSR count). The molecule has 0 aliphatic carbocycles. The quantitative estimate of drug-likeness (QED) is 0.809. The molecule has 5 nitrogen and oxygen atoms in total. The molecule has 0 aliphatic rings. The highest BCUT2D eigenvalue weighted by atomic mass is 32.2. The lowest BCUT2D eigenvalue weighted by molar-refractivity contribution is 0.692. The second kappa shape index (κ2) is 3.62. The number of nitrogens with one attached hydrogen (secondary N) is 1. The maximum Gasteiger partial charge on any atom is 0.144 e. The minimum absolute atomic E-state index is 0.608. The number of rotatable bonds is 2. The van der Waals surface area contributed by atoms with Gasteiger partial charge in [0.05, 0.1) is 5.69 Å². The van der Waals surface area contributed by atoms with Gasteiger partial charge in [-0.3, -0.25) is 4.68 Å². The van der Waals surface area contributed by atoms with Crippen LogP contribution in [0, 0.1) is 13.8 Å². The smallest absolute Gasteiger partial charge is 0.144 e. The first kappa shape index (κ1) is 10.1. The lowest BCUT2D eigenvalue weighted by atomic mass is 10.5. The lowest BCUT2D eigenvalue weighted by Crippen LogP contribution is -1.93. The average Bonchev–Trinajstić information content (AvgIpc) is 2.58. The highest BCUT2D eigenvalue weighted by Gasteiger charge is 2.10. The van der Waals surface area contributed by atoms with E-state index in [0.717, 1.165) is 21.6 Å². The van der Waals surface area contributed by atoms with Crippen molar-refractivity contribution in [3.63, 3.8) is 0 Å². The zero-order valence-electron chi connectivity index (χ0n) is 8.90. The first-order chi connectivity index (χ1) is 7.06. The average molecular weight is 223 g/mol. The number of nitrogens with zero attached hydrogens (tertiary/aromatic N) is 3. The van der Waals surface area contributed by atoms with Crippen LogP contribution in [0.15, 0.2) is 16.1 Å². The maximum atomic E-state index is 5.78. The molecule has 2 aromatic heterocycles. The van der Waals surface area contributed by atoms with Crippen molar-refractivity contribution in [1.29, 1.82) is 0 Å². The molecule has 0 radical (unpaired) electrons. The van der Waals surface area contributed by atoms with E-state index >= 15 is 0 Å². The van der Waals surface area contributed by atoms with E-state index in [-0.39, 0.29) is 0 Å². The molecule has 0 saturated heterocycles. The molecule has 0 unspecified atom stereocenters. The van der Waals surface area contributed by atoms with Gasteiger partial charge in [0.1, 0.15) is 21.7 Å². The molecule has 0 spiro atoms. The minimum atomic E-state index is 0.608. The van der Waals surface area contributed by atoms with Crippen molar-refractivity contribution < 1.29 is 0 Å². The second-order valence-corrected chi connectivity index (χ2v) is 4.40. The van der Waals surface area contributed by atoms with Gasteiger partial charge in [0.25, 0.3) is 0 Å². The standard InChI is InChI=1S/C9H13N5S/c1-5-4-7(14(3)13-5)15-9-8(10)11-6(2)12-9/h4H,10H2,1-3H3,(H,11,12). The van der Waals surface area contributed by atoms with Crippen molar-refractivity contribution in [2.24, 2.45) is 7.05 Å². The number of H-pyrrole nitrogens is 1. The van der Waals surface area contributed by atoms with E-state index in [4.69, 9.17) is 5.73 Å². The Kier molecular flexibility index (Phi) is 2.44. The highest BCUT2D eigenvalue weighted by Crippen LogP contribution is 2.30. The van der Waals surface area contributed by atoms with Crippen LogP contribution in [-0.4, -0.2) is 19.7 Å². The van der Waals surface area contributed by atoms with Crippen LogP contribution >= 0.6 is 11.8 Å². The fraction of sp³-hybridized carbons (Fsp3) is 0.333. The molecule has 6 heteroatoms. The van der Waals surface area contributed by atoms with Crippen molar-refractivity contribution in [2.45, 2.75) is 23.9 Å². The Hall–Kier alpha value is -1.43. The van der Waals surface area contributed by atoms with Crippen LogP contribution in [-0.2, 0) is 7.05 Å². The number of hydrogen-bond acceptors (Lipinski definition) is 4. The van der Waals surface area contributed by atoms with E-state index in [1.165, 1.54) is 11.8 Å². The third-order valence-electron chi connectivity index (χ3n) is 1.98. The normalized spacial score (nSPS) is 10.9. The fourth-order valence-electron chi connectivity index (χ4n) is 1.35. The Morgan fingerprint density at radius 1 is 1.47 bits per heavy atom. The Bertz CT molecular complexity index is 440. The first-order valence-electron chi connectivity index (χ1n) is 4.57. The number of hydrogen-bond donors (Lipinski definition) is 2. The number of nitrogens with two attached hydrogens (primary N) is 1. The molecule has 0 aliphatic heterocycles. The SMILES string of the molecule is Cc1cc(Sc2nc(C)[nH]c2N)n(C)n1. The first-order valence-corrected chi connectivity index (χ1v) is 5.38. The van der Waals surface area contributed by atoms with E-state index in [9.17, 15) is 0 Å². The zero-order chi connectivity index (χ0) is 11.0. The molecule has 2 aromatic rings. The fourth-order valence-corrected chi connectivity index (χ4v) is 2.29. The van der Waals surface area contributed by atoms with E-state index in [1.807, 2.05) is 31.6 Å². The summed E-state index contributed by atoms with van der Waals surface area (Å²) in [6, 6.07) is 2.01. The molecule has 3 N–H and O–H groups in total.